The summed E-state index contributed by atoms with van der Waals surface area (Å²) in [6.07, 6.45) is 49.8. The minimum absolute atomic E-state index is 0.197. The Hall–Kier alpha value is -2.06. The van der Waals surface area contributed by atoms with Crippen molar-refractivity contribution in [2.45, 2.75) is 220 Å². The molecule has 0 aliphatic carbocycles. The van der Waals surface area contributed by atoms with E-state index < -0.39 is 0 Å². The van der Waals surface area contributed by atoms with E-state index in [1.54, 1.807) is 0 Å². The molecule has 8 N–H and O–H groups in total. The summed E-state index contributed by atoms with van der Waals surface area (Å²) in [6, 6.07) is 0. The van der Waals surface area contributed by atoms with Gasteiger partial charge in [-0.25, -0.2) is 0 Å². The summed E-state index contributed by atoms with van der Waals surface area (Å²) < 4.78 is 0. The Morgan fingerprint density at radius 3 is 0.897 bits per heavy atom. The summed E-state index contributed by atoms with van der Waals surface area (Å²) in [5, 5.41) is 0. The second-order valence-electron chi connectivity index (χ2n) is 17.9. The molecule has 8 heteroatoms. The normalized spacial score (nSPS) is 13.0. The van der Waals surface area contributed by atoms with Gasteiger partial charge in [-0.1, -0.05) is 168 Å². The molecule has 0 spiro atoms. The summed E-state index contributed by atoms with van der Waals surface area (Å²) in [5.74, 6) is 1.27. The van der Waals surface area contributed by atoms with Crippen molar-refractivity contribution < 1.29 is 0 Å². The van der Waals surface area contributed by atoms with Crippen molar-refractivity contribution in [2.75, 3.05) is 52.4 Å². The van der Waals surface area contributed by atoms with Crippen LogP contribution in [0.25, 0.3) is 0 Å². The van der Waals surface area contributed by atoms with Crippen molar-refractivity contribution in [3.63, 3.8) is 0 Å². The second-order valence-corrected chi connectivity index (χ2v) is 17.9. The first-order valence-electron chi connectivity index (χ1n) is 25.1. The van der Waals surface area contributed by atoms with Crippen molar-refractivity contribution in [3.8, 4) is 0 Å². The highest BCUT2D eigenvalue weighted by Crippen LogP contribution is 2.14. The van der Waals surface area contributed by atoms with E-state index >= 15 is 0 Å². The Kier molecular flexibility index (Phi) is 42.9. The molecule has 0 saturated carbocycles. The number of rotatable bonds is 45. The van der Waals surface area contributed by atoms with Crippen molar-refractivity contribution in [3.05, 3.63) is 24.3 Å². The molecule has 0 aromatic carbocycles. The maximum absolute atomic E-state index is 5.66. The number of guanidine groups is 2. The molecule has 0 aliphatic rings. The molecule has 0 amide bonds. The number of nitrogens with zero attached hydrogens (tertiary/aromatic N) is 4. The quantitative estimate of drug-likeness (QED) is 0.0209. The van der Waals surface area contributed by atoms with E-state index in [0.717, 1.165) is 26.2 Å². The molecule has 0 fully saturated rings. The SMILES string of the molecule is CCCCCCCC/C=C\CCCCCCCCN(CCCCN(CCCCCCCC/C=C/CCCCCCCC)CC(C)CN=C(N)N)CC(C)CN=C(N)N. The van der Waals surface area contributed by atoms with Gasteiger partial charge in [-0.15, -0.1) is 0 Å². The Bertz CT molecular complexity index is 879. The van der Waals surface area contributed by atoms with E-state index in [1.165, 1.54) is 206 Å². The largest absolute Gasteiger partial charge is 0.370 e. The minimum Gasteiger partial charge on any atom is -0.370 e. The first kappa shape index (κ1) is 55.9. The van der Waals surface area contributed by atoms with E-state index in [2.05, 4.69) is 71.8 Å². The lowest BCUT2D eigenvalue weighted by molar-refractivity contribution is 0.207. The first-order chi connectivity index (χ1) is 28.3. The number of hydrogen-bond donors (Lipinski definition) is 4. The highest BCUT2D eigenvalue weighted by Gasteiger charge is 2.13. The molecular formula is C50H102N8. The van der Waals surface area contributed by atoms with Gasteiger partial charge in [0.2, 0.25) is 0 Å². The summed E-state index contributed by atoms with van der Waals surface area (Å²) in [6.45, 7) is 17.2. The summed E-state index contributed by atoms with van der Waals surface area (Å²) in [5.41, 5.74) is 22.6. The lowest BCUT2D eigenvalue weighted by Gasteiger charge is -2.27. The van der Waals surface area contributed by atoms with Gasteiger partial charge in [-0.2, -0.15) is 0 Å². The van der Waals surface area contributed by atoms with E-state index in [9.17, 15) is 0 Å². The van der Waals surface area contributed by atoms with E-state index in [0.29, 0.717) is 24.9 Å². The van der Waals surface area contributed by atoms with Crippen molar-refractivity contribution in [2.24, 2.45) is 44.8 Å². The predicted molar refractivity (Wildman–Crippen MR) is 261 cm³/mol. The maximum Gasteiger partial charge on any atom is 0.185 e. The summed E-state index contributed by atoms with van der Waals surface area (Å²) in [7, 11) is 0. The van der Waals surface area contributed by atoms with Crippen LogP contribution in [0.5, 0.6) is 0 Å². The molecular weight excluding hydrogens is 713 g/mol. The molecule has 2 unspecified atom stereocenters. The molecule has 0 bridgehead atoms. The fourth-order valence-electron chi connectivity index (χ4n) is 7.94. The molecule has 0 rings (SSSR count). The number of allylic oxidation sites excluding steroid dienone is 4. The summed E-state index contributed by atoms with van der Waals surface area (Å²) in [4.78, 5) is 14.0. The highest BCUT2D eigenvalue weighted by atomic mass is 15.1. The van der Waals surface area contributed by atoms with E-state index in [1.807, 2.05) is 0 Å². The van der Waals surface area contributed by atoms with Crippen LogP contribution in [0.4, 0.5) is 0 Å². The molecule has 0 aromatic rings. The van der Waals surface area contributed by atoms with Crippen molar-refractivity contribution in [1.82, 2.24) is 9.80 Å². The topological polar surface area (TPSA) is 135 Å². The zero-order chi connectivity index (χ0) is 42.6. The third-order valence-electron chi connectivity index (χ3n) is 11.5. The number of aliphatic imine (C=N–C) groups is 2. The molecule has 0 saturated heterocycles. The van der Waals surface area contributed by atoms with Gasteiger partial charge in [0.25, 0.3) is 0 Å². The Labute approximate surface area is 362 Å². The third kappa shape index (κ3) is 43.5. The molecule has 0 aromatic heterocycles. The average molecular weight is 815 g/mol. The minimum atomic E-state index is 0.197. The van der Waals surface area contributed by atoms with Gasteiger partial charge in [0.05, 0.1) is 0 Å². The van der Waals surface area contributed by atoms with Crippen LogP contribution >= 0.6 is 0 Å². The van der Waals surface area contributed by atoms with Gasteiger partial charge in [-0.3, -0.25) is 9.98 Å². The average Bonchev–Trinajstić information content (AvgIpc) is 3.20. The maximum atomic E-state index is 5.66. The van der Waals surface area contributed by atoms with Crippen LogP contribution in [0.1, 0.15) is 220 Å². The van der Waals surface area contributed by atoms with E-state index in [-0.39, 0.29) is 11.9 Å². The van der Waals surface area contributed by atoms with Crippen LogP contribution in [0.2, 0.25) is 0 Å². The van der Waals surface area contributed by atoms with Gasteiger partial charge in [0.15, 0.2) is 11.9 Å². The van der Waals surface area contributed by atoms with Gasteiger partial charge in [0, 0.05) is 26.2 Å². The number of unbranched alkanes of at least 4 members (excludes halogenated alkanes) is 25. The van der Waals surface area contributed by atoms with Crippen LogP contribution in [-0.2, 0) is 0 Å². The fourth-order valence-corrected chi connectivity index (χ4v) is 7.94. The molecule has 8 nitrogen and oxygen atoms in total. The molecule has 0 heterocycles. The zero-order valence-electron chi connectivity index (χ0n) is 39.4. The van der Waals surface area contributed by atoms with Crippen LogP contribution in [0.15, 0.2) is 34.3 Å². The van der Waals surface area contributed by atoms with Gasteiger partial charge in [-0.05, 0) is 115 Å². The fraction of sp³-hybridized carbons (Fsp3) is 0.880. The molecule has 342 valence electrons. The van der Waals surface area contributed by atoms with Gasteiger partial charge < -0.3 is 32.7 Å². The monoisotopic (exact) mass is 815 g/mol. The lowest BCUT2D eigenvalue weighted by atomic mass is 10.1. The highest BCUT2D eigenvalue weighted by molar-refractivity contribution is 5.75. The smallest absolute Gasteiger partial charge is 0.185 e. The Balaban J connectivity index is 4.54. The third-order valence-corrected chi connectivity index (χ3v) is 11.5. The van der Waals surface area contributed by atoms with Crippen molar-refractivity contribution >= 4 is 11.9 Å². The van der Waals surface area contributed by atoms with Crippen molar-refractivity contribution in [1.29, 1.82) is 0 Å². The summed E-state index contributed by atoms with van der Waals surface area (Å²) >= 11 is 0. The Morgan fingerprint density at radius 2 is 0.621 bits per heavy atom. The predicted octanol–water partition coefficient (Wildman–Crippen LogP) is 12.3. The number of nitrogens with two attached hydrogens (primary N) is 4. The second kappa shape index (κ2) is 44.5. The van der Waals surface area contributed by atoms with Gasteiger partial charge >= 0.3 is 0 Å². The van der Waals surface area contributed by atoms with Crippen LogP contribution in [0, 0.1) is 11.8 Å². The number of hydrogen-bond acceptors (Lipinski definition) is 4. The van der Waals surface area contributed by atoms with Crippen LogP contribution < -0.4 is 22.9 Å². The first-order valence-corrected chi connectivity index (χ1v) is 25.1. The van der Waals surface area contributed by atoms with Gasteiger partial charge in [0.1, 0.15) is 0 Å². The van der Waals surface area contributed by atoms with Crippen LogP contribution in [0.3, 0.4) is 0 Å². The molecule has 0 radical (unpaired) electrons. The zero-order valence-corrected chi connectivity index (χ0v) is 39.4. The molecule has 0 aliphatic heterocycles. The standard InChI is InChI=1S/C50H102N8/c1-5-7-9-11-13-15-17-19-21-23-25-27-29-31-33-35-39-57(45-47(3)43-55-49(51)52)41-37-38-42-58(46-48(4)44-56-50(53)54)40-36-34-32-30-28-26-24-22-20-18-16-14-12-10-8-6-2/h19-22,47-48H,5-18,23-46H2,1-4H3,(H4,51,52,55)(H4,53,54,56)/b21-19-,22-20+. The lowest BCUT2D eigenvalue weighted by Crippen LogP contribution is -2.34. The Morgan fingerprint density at radius 1 is 0.379 bits per heavy atom. The molecule has 58 heavy (non-hydrogen) atoms. The van der Waals surface area contributed by atoms with E-state index in [4.69, 9.17) is 22.9 Å². The van der Waals surface area contributed by atoms with Crippen LogP contribution in [-0.4, -0.2) is 74.1 Å². The molecule has 2 atom stereocenters.